The molecule has 0 amide bonds. The highest BCUT2D eigenvalue weighted by Gasteiger charge is 2.12. The Morgan fingerprint density at radius 3 is 2.76 bits per heavy atom. The van der Waals surface area contributed by atoms with Crippen LogP contribution in [-0.2, 0) is 11.3 Å². The van der Waals surface area contributed by atoms with Crippen LogP contribution in [0.25, 0.3) is 0 Å². The van der Waals surface area contributed by atoms with E-state index < -0.39 is 4.92 Å². The molecule has 0 aliphatic carbocycles. The van der Waals surface area contributed by atoms with Crippen LogP contribution < -0.4 is 4.74 Å². The molecule has 7 nitrogen and oxygen atoms in total. The molecule has 0 atom stereocenters. The molecule has 21 heavy (non-hydrogen) atoms. The maximum atomic E-state index is 10.8. The average Bonchev–Trinajstić information content (AvgIpc) is 2.37. The fourth-order valence-electron chi connectivity index (χ4n) is 1.52. The van der Waals surface area contributed by atoms with Gasteiger partial charge in [-0.2, -0.15) is 4.98 Å². The van der Waals surface area contributed by atoms with Crippen LogP contribution in [0.4, 0.5) is 5.69 Å². The highest BCUT2D eigenvalue weighted by atomic mass is 79.9. The second-order valence-electron chi connectivity index (χ2n) is 3.88. The molecule has 0 saturated carbocycles. The lowest BCUT2D eigenvalue weighted by atomic mass is 10.3. The number of hydrogen-bond acceptors (Lipinski definition) is 6. The molecule has 1 aromatic carbocycles. The first-order valence-electron chi connectivity index (χ1n) is 5.63. The Hall–Kier alpha value is -1.77. The van der Waals surface area contributed by atoms with Crippen LogP contribution >= 0.6 is 27.5 Å². The van der Waals surface area contributed by atoms with Gasteiger partial charge in [0.25, 0.3) is 5.69 Å². The minimum atomic E-state index is -0.513. The number of nitro groups is 1. The minimum absolute atomic E-state index is 0.100. The number of hydrogen-bond donors (Lipinski definition) is 0. The summed E-state index contributed by atoms with van der Waals surface area (Å²) in [7, 11) is 1.50. The Morgan fingerprint density at radius 1 is 1.33 bits per heavy atom. The molecule has 9 heteroatoms. The Bertz CT molecular complexity index is 684. The van der Waals surface area contributed by atoms with Gasteiger partial charge in [-0.05, 0) is 6.07 Å². The number of benzene rings is 1. The maximum Gasteiger partial charge on any atom is 0.274 e. The summed E-state index contributed by atoms with van der Waals surface area (Å²) in [6.07, 6.45) is 0. The average molecular weight is 375 g/mol. The van der Waals surface area contributed by atoms with Gasteiger partial charge in [0, 0.05) is 23.7 Å². The topological polar surface area (TPSA) is 87.4 Å². The first-order chi connectivity index (χ1) is 9.97. The van der Waals surface area contributed by atoms with Crippen molar-refractivity contribution in [3.8, 4) is 11.6 Å². The van der Waals surface area contributed by atoms with Crippen LogP contribution in [0.5, 0.6) is 11.6 Å². The van der Waals surface area contributed by atoms with Gasteiger partial charge >= 0.3 is 0 Å². The normalized spacial score (nSPS) is 10.4. The number of methoxy groups -OCH3 is 1. The van der Waals surface area contributed by atoms with E-state index in [2.05, 4.69) is 25.9 Å². The van der Waals surface area contributed by atoms with Gasteiger partial charge in [0.05, 0.1) is 11.0 Å². The standard InChI is InChI=1S/C12H9BrClN3O4/c1-20-6-11-15-10(14)5-12(16-11)21-9-3-7(13)2-8(4-9)17(18)19/h2-5H,6H2,1H3. The summed E-state index contributed by atoms with van der Waals surface area (Å²) in [5, 5.41) is 11.0. The molecule has 2 aromatic rings. The molecular weight excluding hydrogens is 366 g/mol. The van der Waals surface area contributed by atoms with Crippen molar-refractivity contribution in [3.05, 3.63) is 49.8 Å². The third-order valence-electron chi connectivity index (χ3n) is 2.28. The van der Waals surface area contributed by atoms with E-state index in [1.165, 1.54) is 25.3 Å². The van der Waals surface area contributed by atoms with Crippen LogP contribution in [0.2, 0.25) is 5.15 Å². The van der Waals surface area contributed by atoms with Crippen molar-refractivity contribution in [3.63, 3.8) is 0 Å². The van der Waals surface area contributed by atoms with Gasteiger partial charge in [0.2, 0.25) is 5.88 Å². The van der Waals surface area contributed by atoms with Gasteiger partial charge < -0.3 is 9.47 Å². The van der Waals surface area contributed by atoms with E-state index in [1.54, 1.807) is 6.07 Å². The SMILES string of the molecule is COCc1nc(Cl)cc(Oc2cc(Br)cc([N+](=O)[O-])c2)n1. The number of non-ortho nitro benzene ring substituents is 1. The summed E-state index contributed by atoms with van der Waals surface area (Å²) >= 11 is 9.05. The van der Waals surface area contributed by atoms with Gasteiger partial charge in [0.1, 0.15) is 17.5 Å². The predicted molar refractivity (Wildman–Crippen MR) is 78.6 cm³/mol. The highest BCUT2D eigenvalue weighted by molar-refractivity contribution is 9.10. The molecule has 1 heterocycles. The lowest BCUT2D eigenvalue weighted by molar-refractivity contribution is -0.385. The van der Waals surface area contributed by atoms with Crippen molar-refractivity contribution in [2.45, 2.75) is 6.61 Å². The van der Waals surface area contributed by atoms with E-state index in [4.69, 9.17) is 21.1 Å². The van der Waals surface area contributed by atoms with E-state index in [0.717, 1.165) is 0 Å². The van der Waals surface area contributed by atoms with Crippen molar-refractivity contribution in [2.24, 2.45) is 0 Å². The predicted octanol–water partition coefficient (Wildman–Crippen LogP) is 3.74. The quantitative estimate of drug-likeness (QED) is 0.450. The molecule has 0 aliphatic rings. The molecular formula is C12H9BrClN3O4. The first kappa shape index (κ1) is 15.6. The van der Waals surface area contributed by atoms with Crippen molar-refractivity contribution in [1.82, 2.24) is 9.97 Å². The summed E-state index contributed by atoms with van der Waals surface area (Å²) in [5.74, 6) is 0.785. The Kier molecular flexibility index (Phi) is 5.05. The Morgan fingerprint density at radius 2 is 2.10 bits per heavy atom. The third kappa shape index (κ3) is 4.35. The second-order valence-corrected chi connectivity index (χ2v) is 5.19. The summed E-state index contributed by atoms with van der Waals surface area (Å²) in [6.45, 7) is 0.176. The molecule has 0 aliphatic heterocycles. The number of nitrogens with zero attached hydrogens (tertiary/aromatic N) is 3. The Balaban J connectivity index is 2.31. The smallest absolute Gasteiger partial charge is 0.274 e. The Labute approximate surface area is 133 Å². The van der Waals surface area contributed by atoms with Gasteiger partial charge in [-0.15, -0.1) is 0 Å². The van der Waals surface area contributed by atoms with E-state index in [-0.39, 0.29) is 29.1 Å². The summed E-state index contributed by atoms with van der Waals surface area (Å²) in [6, 6.07) is 5.65. The van der Waals surface area contributed by atoms with Gasteiger partial charge in [-0.25, -0.2) is 4.98 Å². The number of ether oxygens (including phenoxy) is 2. The minimum Gasteiger partial charge on any atom is -0.439 e. The zero-order chi connectivity index (χ0) is 15.4. The number of aromatic nitrogens is 2. The van der Waals surface area contributed by atoms with Crippen molar-refractivity contribution >= 4 is 33.2 Å². The molecule has 110 valence electrons. The van der Waals surface area contributed by atoms with Crippen LogP contribution in [0.15, 0.2) is 28.7 Å². The van der Waals surface area contributed by atoms with Crippen LogP contribution in [0.1, 0.15) is 5.82 Å². The molecule has 0 N–H and O–H groups in total. The molecule has 0 bridgehead atoms. The summed E-state index contributed by atoms with van der Waals surface area (Å²) < 4.78 is 10.9. The molecule has 0 fully saturated rings. The molecule has 1 aromatic heterocycles. The number of rotatable bonds is 5. The van der Waals surface area contributed by atoms with Crippen molar-refractivity contribution in [2.75, 3.05) is 7.11 Å². The third-order valence-corrected chi connectivity index (χ3v) is 2.93. The highest BCUT2D eigenvalue weighted by Crippen LogP contribution is 2.29. The molecule has 0 radical (unpaired) electrons. The van der Waals surface area contributed by atoms with Crippen molar-refractivity contribution in [1.29, 1.82) is 0 Å². The second kappa shape index (κ2) is 6.79. The molecule has 0 unspecified atom stereocenters. The van der Waals surface area contributed by atoms with E-state index in [0.29, 0.717) is 10.3 Å². The summed E-state index contributed by atoms with van der Waals surface area (Å²) in [4.78, 5) is 18.4. The zero-order valence-electron chi connectivity index (χ0n) is 10.7. The van der Waals surface area contributed by atoms with Gasteiger partial charge in [0.15, 0.2) is 5.82 Å². The maximum absolute atomic E-state index is 10.8. The zero-order valence-corrected chi connectivity index (χ0v) is 13.1. The fraction of sp³-hybridized carbons (Fsp3) is 0.167. The first-order valence-corrected chi connectivity index (χ1v) is 6.80. The summed E-state index contributed by atoms with van der Waals surface area (Å²) in [5.41, 5.74) is -0.100. The monoisotopic (exact) mass is 373 g/mol. The lowest BCUT2D eigenvalue weighted by Crippen LogP contribution is -1.99. The van der Waals surface area contributed by atoms with Crippen LogP contribution in [-0.4, -0.2) is 22.0 Å². The fourth-order valence-corrected chi connectivity index (χ4v) is 2.17. The van der Waals surface area contributed by atoms with Gasteiger partial charge in [-0.1, -0.05) is 27.5 Å². The van der Waals surface area contributed by atoms with Gasteiger partial charge in [-0.3, -0.25) is 10.1 Å². The van der Waals surface area contributed by atoms with E-state index >= 15 is 0 Å². The van der Waals surface area contributed by atoms with E-state index in [9.17, 15) is 10.1 Å². The lowest BCUT2D eigenvalue weighted by Gasteiger charge is -2.07. The van der Waals surface area contributed by atoms with Crippen molar-refractivity contribution < 1.29 is 14.4 Å². The molecule has 0 saturated heterocycles. The van der Waals surface area contributed by atoms with E-state index in [1.807, 2.05) is 0 Å². The van der Waals surface area contributed by atoms with Crippen LogP contribution in [0, 0.1) is 10.1 Å². The molecule has 2 rings (SSSR count). The van der Waals surface area contributed by atoms with Crippen LogP contribution in [0.3, 0.4) is 0 Å². The number of nitro benzene ring substituents is 1. The largest absolute Gasteiger partial charge is 0.439 e. The molecule has 0 spiro atoms. The number of halogens is 2.